The van der Waals surface area contributed by atoms with Crippen LogP contribution in [0.3, 0.4) is 0 Å². The molecular weight excluding hydrogens is 231 g/mol. The second-order valence-electron chi connectivity index (χ2n) is 4.28. The zero-order chi connectivity index (χ0) is 12.5. The summed E-state index contributed by atoms with van der Waals surface area (Å²) < 4.78 is 38.6. The molecule has 1 atom stereocenters. The normalized spacial score (nSPS) is 21.5. The zero-order valence-electron chi connectivity index (χ0n) is 9.22. The predicted octanol–water partition coefficient (Wildman–Crippen LogP) is 2.88. The van der Waals surface area contributed by atoms with Crippen molar-refractivity contribution in [3.63, 3.8) is 0 Å². The number of piperidine rings is 1. The molecule has 0 bridgehead atoms. The summed E-state index contributed by atoms with van der Waals surface area (Å²) in [5.41, 5.74) is -0.682. The minimum Gasteiger partial charge on any atom is -0.508 e. The highest BCUT2D eigenvalue weighted by atomic mass is 19.4. The number of halogens is 3. The molecule has 0 spiro atoms. The minimum absolute atomic E-state index is 0.0344. The van der Waals surface area contributed by atoms with E-state index < -0.39 is 11.7 Å². The van der Waals surface area contributed by atoms with Gasteiger partial charge in [-0.15, -0.1) is 0 Å². The van der Waals surface area contributed by atoms with E-state index in [4.69, 9.17) is 0 Å². The largest absolute Gasteiger partial charge is 0.508 e. The lowest BCUT2D eigenvalue weighted by atomic mass is 9.87. The molecule has 5 heteroatoms. The third-order valence-corrected chi connectivity index (χ3v) is 3.09. The molecular formula is C12H14F3NO. The molecule has 1 aliphatic rings. The van der Waals surface area contributed by atoms with Crippen LogP contribution in [0.1, 0.15) is 29.9 Å². The molecule has 0 radical (unpaired) electrons. The maximum absolute atomic E-state index is 12.9. The van der Waals surface area contributed by atoms with Crippen molar-refractivity contribution in [2.45, 2.75) is 24.9 Å². The molecule has 2 nitrogen and oxygen atoms in total. The molecule has 1 unspecified atom stereocenters. The first-order chi connectivity index (χ1) is 8.00. The number of phenolic OH excluding ortho intramolecular Hbond substituents is 1. The van der Waals surface area contributed by atoms with Crippen molar-refractivity contribution >= 4 is 0 Å². The summed E-state index contributed by atoms with van der Waals surface area (Å²) in [6, 6.07) is 3.58. The lowest BCUT2D eigenvalue weighted by molar-refractivity contribution is -0.138. The van der Waals surface area contributed by atoms with Crippen molar-refractivity contribution in [1.82, 2.24) is 5.32 Å². The first kappa shape index (κ1) is 12.2. The van der Waals surface area contributed by atoms with E-state index in [-0.39, 0.29) is 17.2 Å². The molecule has 1 fully saturated rings. The summed E-state index contributed by atoms with van der Waals surface area (Å²) in [5.74, 6) is -0.518. The fourth-order valence-electron chi connectivity index (χ4n) is 2.33. The van der Waals surface area contributed by atoms with E-state index in [1.165, 1.54) is 12.1 Å². The molecule has 0 aliphatic carbocycles. The molecule has 1 heterocycles. The van der Waals surface area contributed by atoms with Crippen LogP contribution in [0.2, 0.25) is 0 Å². The fourth-order valence-corrected chi connectivity index (χ4v) is 2.33. The Balaban J connectivity index is 2.43. The molecule has 2 N–H and O–H groups in total. The van der Waals surface area contributed by atoms with Gasteiger partial charge in [0.05, 0.1) is 5.56 Å². The number of aromatic hydroxyl groups is 1. The number of benzene rings is 1. The molecule has 0 amide bonds. The van der Waals surface area contributed by atoms with Crippen LogP contribution >= 0.6 is 0 Å². The van der Waals surface area contributed by atoms with Gasteiger partial charge in [0.25, 0.3) is 0 Å². The van der Waals surface area contributed by atoms with Crippen LogP contribution in [0.25, 0.3) is 0 Å². The van der Waals surface area contributed by atoms with Gasteiger partial charge in [0.2, 0.25) is 0 Å². The number of hydrogen-bond acceptors (Lipinski definition) is 2. The Labute approximate surface area is 97.5 Å². The first-order valence-electron chi connectivity index (χ1n) is 5.60. The van der Waals surface area contributed by atoms with Gasteiger partial charge in [-0.05, 0) is 31.5 Å². The standard InChI is InChI=1S/C12H14F3NO/c13-12(14,15)9-4-1-5-10(17)11(9)8-3-2-6-16-7-8/h1,4-5,8,16-17H,2-3,6-7H2. The summed E-state index contributed by atoms with van der Waals surface area (Å²) >= 11 is 0. The van der Waals surface area contributed by atoms with Crippen molar-refractivity contribution in [2.24, 2.45) is 0 Å². The third kappa shape index (κ3) is 2.54. The number of phenols is 1. The zero-order valence-corrected chi connectivity index (χ0v) is 9.22. The molecule has 94 valence electrons. The van der Waals surface area contributed by atoms with Gasteiger partial charge < -0.3 is 10.4 Å². The monoisotopic (exact) mass is 245 g/mol. The van der Waals surface area contributed by atoms with Crippen LogP contribution in [-0.4, -0.2) is 18.2 Å². The molecule has 17 heavy (non-hydrogen) atoms. The molecule has 1 saturated heterocycles. The Morgan fingerprint density at radius 2 is 2.06 bits per heavy atom. The Morgan fingerprint density at radius 3 is 2.65 bits per heavy atom. The minimum atomic E-state index is -4.41. The van der Waals surface area contributed by atoms with Crippen molar-refractivity contribution in [3.8, 4) is 5.75 Å². The Bertz CT molecular complexity index is 397. The van der Waals surface area contributed by atoms with Crippen LogP contribution in [0, 0.1) is 0 Å². The quantitative estimate of drug-likeness (QED) is 0.797. The fraction of sp³-hybridized carbons (Fsp3) is 0.500. The van der Waals surface area contributed by atoms with Gasteiger partial charge in [0, 0.05) is 18.0 Å². The smallest absolute Gasteiger partial charge is 0.416 e. The second kappa shape index (κ2) is 4.56. The molecule has 1 aliphatic heterocycles. The number of nitrogens with one attached hydrogen (secondary N) is 1. The SMILES string of the molecule is Oc1cccc(C(F)(F)F)c1C1CCCNC1. The van der Waals surface area contributed by atoms with Gasteiger partial charge >= 0.3 is 6.18 Å². The Kier molecular flexibility index (Phi) is 3.28. The Hall–Kier alpha value is -1.23. The summed E-state index contributed by atoms with van der Waals surface area (Å²) in [5, 5.41) is 12.7. The van der Waals surface area contributed by atoms with E-state index in [1.807, 2.05) is 0 Å². The van der Waals surface area contributed by atoms with Gasteiger partial charge in [-0.1, -0.05) is 6.07 Å². The van der Waals surface area contributed by atoms with Crippen LogP contribution in [0.5, 0.6) is 5.75 Å². The van der Waals surface area contributed by atoms with Crippen molar-refractivity contribution in [2.75, 3.05) is 13.1 Å². The van der Waals surface area contributed by atoms with E-state index in [1.54, 1.807) is 0 Å². The van der Waals surface area contributed by atoms with E-state index in [2.05, 4.69) is 5.32 Å². The summed E-state index contributed by atoms with van der Waals surface area (Å²) in [6.45, 7) is 1.31. The lowest BCUT2D eigenvalue weighted by Crippen LogP contribution is -2.29. The van der Waals surface area contributed by atoms with Gasteiger partial charge in [-0.25, -0.2) is 0 Å². The summed E-state index contributed by atoms with van der Waals surface area (Å²) in [6.07, 6.45) is -2.91. The number of alkyl halides is 3. The average molecular weight is 245 g/mol. The van der Waals surface area contributed by atoms with Crippen LogP contribution in [0.15, 0.2) is 18.2 Å². The van der Waals surface area contributed by atoms with Gasteiger partial charge in [-0.3, -0.25) is 0 Å². The first-order valence-corrected chi connectivity index (χ1v) is 5.60. The molecule has 0 aromatic heterocycles. The maximum Gasteiger partial charge on any atom is 0.416 e. The molecule has 1 aromatic rings. The number of rotatable bonds is 1. The summed E-state index contributed by atoms with van der Waals surface area (Å²) in [4.78, 5) is 0. The van der Waals surface area contributed by atoms with E-state index in [0.717, 1.165) is 19.0 Å². The lowest BCUT2D eigenvalue weighted by Gasteiger charge is -2.26. The predicted molar refractivity (Wildman–Crippen MR) is 58.0 cm³/mol. The Morgan fingerprint density at radius 1 is 1.29 bits per heavy atom. The third-order valence-electron chi connectivity index (χ3n) is 3.09. The highest BCUT2D eigenvalue weighted by Crippen LogP contribution is 2.41. The molecule has 2 rings (SSSR count). The van der Waals surface area contributed by atoms with Crippen molar-refractivity contribution < 1.29 is 18.3 Å². The van der Waals surface area contributed by atoms with Crippen LogP contribution in [-0.2, 0) is 6.18 Å². The van der Waals surface area contributed by atoms with Gasteiger partial charge in [0.15, 0.2) is 0 Å². The number of hydrogen-bond donors (Lipinski definition) is 2. The van der Waals surface area contributed by atoms with E-state index >= 15 is 0 Å². The van der Waals surface area contributed by atoms with Gasteiger partial charge in [-0.2, -0.15) is 13.2 Å². The second-order valence-corrected chi connectivity index (χ2v) is 4.28. The topological polar surface area (TPSA) is 32.3 Å². The average Bonchev–Trinajstić information content (AvgIpc) is 2.28. The summed E-state index contributed by atoms with van der Waals surface area (Å²) in [7, 11) is 0. The highest BCUT2D eigenvalue weighted by Gasteiger charge is 2.36. The van der Waals surface area contributed by atoms with Crippen molar-refractivity contribution in [1.29, 1.82) is 0 Å². The molecule has 0 saturated carbocycles. The van der Waals surface area contributed by atoms with E-state index in [0.29, 0.717) is 13.0 Å². The van der Waals surface area contributed by atoms with Gasteiger partial charge in [0.1, 0.15) is 5.75 Å². The van der Waals surface area contributed by atoms with Crippen molar-refractivity contribution in [3.05, 3.63) is 29.3 Å². The van der Waals surface area contributed by atoms with Crippen LogP contribution in [0.4, 0.5) is 13.2 Å². The van der Waals surface area contributed by atoms with E-state index in [9.17, 15) is 18.3 Å². The highest BCUT2D eigenvalue weighted by molar-refractivity contribution is 5.43. The maximum atomic E-state index is 12.9. The molecule has 1 aromatic carbocycles. The van der Waals surface area contributed by atoms with Crippen LogP contribution < -0.4 is 5.32 Å².